The average molecular weight is 231 g/mol. The molecule has 0 spiro atoms. The minimum atomic E-state index is 0.301. The number of nitrogens with zero attached hydrogens (tertiary/aromatic N) is 2. The Morgan fingerprint density at radius 1 is 1.50 bits per heavy atom. The molecule has 0 fully saturated rings. The molecule has 1 aromatic heterocycles. The van der Waals surface area contributed by atoms with Crippen LogP contribution in [0.5, 0.6) is 0 Å². The maximum Gasteiger partial charge on any atom is 0.0530 e. The van der Waals surface area contributed by atoms with Crippen molar-refractivity contribution in [3.05, 3.63) is 18.0 Å². The number of aromatic nitrogens is 2. The van der Waals surface area contributed by atoms with Crippen LogP contribution in [0.25, 0.3) is 0 Å². The molecule has 1 rings (SSSR count). The van der Waals surface area contributed by atoms with Crippen molar-refractivity contribution in [1.29, 1.82) is 0 Å². The van der Waals surface area contributed by atoms with Gasteiger partial charge in [-0.1, -0.05) is 36.7 Å². The average Bonchev–Trinajstić information content (AvgIpc) is 2.32. The van der Waals surface area contributed by atoms with Crippen LogP contribution in [-0.4, -0.2) is 9.78 Å². The number of hydrogen-bond acceptors (Lipinski definition) is 1. The quantitative estimate of drug-likeness (QED) is 0.715. The monoisotopic (exact) mass is 230 g/mol. The molecule has 12 heavy (non-hydrogen) atoms. The summed E-state index contributed by atoms with van der Waals surface area (Å²) in [5.74, 6) is 0. The normalized spacial score (nSPS) is 12.0. The first-order chi connectivity index (χ1) is 5.51. The largest absolute Gasteiger partial charge is 0.272 e. The predicted molar refractivity (Wildman–Crippen MR) is 54.3 cm³/mol. The molecule has 0 amide bonds. The third-order valence-electron chi connectivity index (χ3n) is 1.48. The van der Waals surface area contributed by atoms with Crippen LogP contribution in [-0.2, 0) is 11.9 Å². The first kappa shape index (κ1) is 9.78. The highest BCUT2D eigenvalue weighted by molar-refractivity contribution is 9.08. The Morgan fingerprint density at radius 3 is 2.58 bits per heavy atom. The van der Waals surface area contributed by atoms with Gasteiger partial charge in [0.2, 0.25) is 0 Å². The lowest BCUT2D eigenvalue weighted by Crippen LogP contribution is -2.15. The Morgan fingerprint density at radius 2 is 2.17 bits per heavy atom. The lowest BCUT2D eigenvalue weighted by molar-refractivity contribution is 0.325. The van der Waals surface area contributed by atoms with E-state index < -0.39 is 0 Å². The Labute approximate surface area is 82.1 Å². The number of alkyl halides is 1. The van der Waals surface area contributed by atoms with E-state index in [0.29, 0.717) is 5.41 Å². The standard InChI is InChI=1S/C9H15BrN2/c1-9(2,3)7-12-6-8(4-10)5-11-12/h5-6H,4,7H2,1-3H3. The molecule has 1 heterocycles. The van der Waals surface area contributed by atoms with E-state index >= 15 is 0 Å². The van der Waals surface area contributed by atoms with Gasteiger partial charge >= 0.3 is 0 Å². The van der Waals surface area contributed by atoms with Crippen LogP contribution < -0.4 is 0 Å². The van der Waals surface area contributed by atoms with E-state index in [9.17, 15) is 0 Å². The van der Waals surface area contributed by atoms with Gasteiger partial charge in [-0.05, 0) is 5.41 Å². The molecule has 0 N–H and O–H groups in total. The molecule has 0 aliphatic heterocycles. The van der Waals surface area contributed by atoms with Gasteiger partial charge in [0.15, 0.2) is 0 Å². The Bertz CT molecular complexity index is 247. The van der Waals surface area contributed by atoms with Crippen LogP contribution >= 0.6 is 15.9 Å². The van der Waals surface area contributed by atoms with Crippen LogP contribution in [0.3, 0.4) is 0 Å². The van der Waals surface area contributed by atoms with Crippen LogP contribution in [0.1, 0.15) is 26.3 Å². The zero-order valence-corrected chi connectivity index (χ0v) is 9.43. The fraction of sp³-hybridized carbons (Fsp3) is 0.667. The third kappa shape index (κ3) is 2.97. The smallest absolute Gasteiger partial charge is 0.0530 e. The van der Waals surface area contributed by atoms with Crippen LogP contribution in [0, 0.1) is 5.41 Å². The van der Waals surface area contributed by atoms with Gasteiger partial charge in [-0.2, -0.15) is 5.10 Å². The van der Waals surface area contributed by atoms with Gasteiger partial charge in [0.05, 0.1) is 6.20 Å². The summed E-state index contributed by atoms with van der Waals surface area (Å²) in [6, 6.07) is 0. The van der Waals surface area contributed by atoms with E-state index in [1.807, 2.05) is 10.9 Å². The van der Waals surface area contributed by atoms with E-state index in [1.165, 1.54) is 5.56 Å². The Balaban J connectivity index is 2.64. The molecule has 0 aliphatic carbocycles. The van der Waals surface area contributed by atoms with Gasteiger partial charge in [0.1, 0.15) is 0 Å². The highest BCUT2D eigenvalue weighted by Gasteiger charge is 2.11. The molecule has 0 aliphatic rings. The van der Waals surface area contributed by atoms with Crippen molar-refractivity contribution < 1.29 is 0 Å². The van der Waals surface area contributed by atoms with Gasteiger partial charge in [0, 0.05) is 23.6 Å². The van der Waals surface area contributed by atoms with Crippen molar-refractivity contribution >= 4 is 15.9 Å². The highest BCUT2D eigenvalue weighted by atomic mass is 79.9. The molecule has 0 saturated carbocycles. The van der Waals surface area contributed by atoms with Crippen molar-refractivity contribution in [1.82, 2.24) is 9.78 Å². The van der Waals surface area contributed by atoms with Gasteiger partial charge in [-0.15, -0.1) is 0 Å². The summed E-state index contributed by atoms with van der Waals surface area (Å²) >= 11 is 3.40. The fourth-order valence-electron chi connectivity index (χ4n) is 1.05. The van der Waals surface area contributed by atoms with E-state index in [2.05, 4.69) is 48.0 Å². The Kier molecular flexibility index (Phi) is 2.94. The molecule has 68 valence electrons. The molecule has 0 radical (unpaired) electrons. The van der Waals surface area contributed by atoms with Gasteiger partial charge < -0.3 is 0 Å². The zero-order chi connectivity index (χ0) is 9.19. The van der Waals surface area contributed by atoms with Gasteiger partial charge in [-0.25, -0.2) is 0 Å². The second-order valence-corrected chi connectivity index (χ2v) is 4.80. The van der Waals surface area contributed by atoms with E-state index in [0.717, 1.165) is 11.9 Å². The molecular weight excluding hydrogens is 216 g/mol. The first-order valence-corrected chi connectivity index (χ1v) is 5.21. The lowest BCUT2D eigenvalue weighted by Gasteiger charge is -2.17. The molecule has 0 bridgehead atoms. The maximum atomic E-state index is 4.26. The second-order valence-electron chi connectivity index (χ2n) is 4.24. The molecule has 2 nitrogen and oxygen atoms in total. The van der Waals surface area contributed by atoms with E-state index in [-0.39, 0.29) is 0 Å². The number of halogens is 1. The highest BCUT2D eigenvalue weighted by Crippen LogP contribution is 2.16. The minimum absolute atomic E-state index is 0.301. The number of rotatable bonds is 2. The molecular formula is C9H15BrN2. The van der Waals surface area contributed by atoms with Gasteiger partial charge in [0.25, 0.3) is 0 Å². The summed E-state index contributed by atoms with van der Waals surface area (Å²) in [6.45, 7) is 7.60. The Hall–Kier alpha value is -0.310. The topological polar surface area (TPSA) is 17.8 Å². The molecule has 1 aromatic rings. The SMILES string of the molecule is CC(C)(C)Cn1cc(CBr)cn1. The third-order valence-corrected chi connectivity index (χ3v) is 2.12. The zero-order valence-electron chi connectivity index (χ0n) is 7.84. The van der Waals surface area contributed by atoms with Crippen molar-refractivity contribution in [2.24, 2.45) is 5.41 Å². The summed E-state index contributed by atoms with van der Waals surface area (Å²) in [5, 5.41) is 5.15. The molecule has 0 unspecified atom stereocenters. The molecule has 3 heteroatoms. The van der Waals surface area contributed by atoms with Crippen molar-refractivity contribution in [2.45, 2.75) is 32.6 Å². The summed E-state index contributed by atoms with van der Waals surface area (Å²) < 4.78 is 2.00. The van der Waals surface area contributed by atoms with Crippen molar-refractivity contribution in [3.63, 3.8) is 0 Å². The molecule has 0 saturated heterocycles. The first-order valence-electron chi connectivity index (χ1n) is 4.08. The lowest BCUT2D eigenvalue weighted by atomic mass is 9.97. The van der Waals surface area contributed by atoms with Crippen molar-refractivity contribution in [3.8, 4) is 0 Å². The van der Waals surface area contributed by atoms with Crippen LogP contribution in [0.4, 0.5) is 0 Å². The number of hydrogen-bond donors (Lipinski definition) is 0. The van der Waals surface area contributed by atoms with Crippen LogP contribution in [0.2, 0.25) is 0 Å². The summed E-state index contributed by atoms with van der Waals surface area (Å²) in [4.78, 5) is 0. The summed E-state index contributed by atoms with van der Waals surface area (Å²) in [6.07, 6.45) is 3.99. The van der Waals surface area contributed by atoms with Gasteiger partial charge in [-0.3, -0.25) is 4.68 Å². The summed E-state index contributed by atoms with van der Waals surface area (Å²) in [5.41, 5.74) is 1.54. The van der Waals surface area contributed by atoms with Crippen molar-refractivity contribution in [2.75, 3.05) is 0 Å². The fourth-order valence-corrected chi connectivity index (χ4v) is 1.34. The summed E-state index contributed by atoms with van der Waals surface area (Å²) in [7, 11) is 0. The second kappa shape index (κ2) is 3.60. The molecule has 0 aromatic carbocycles. The maximum absolute atomic E-state index is 4.26. The predicted octanol–water partition coefficient (Wildman–Crippen LogP) is 2.82. The van der Waals surface area contributed by atoms with E-state index in [1.54, 1.807) is 0 Å². The van der Waals surface area contributed by atoms with E-state index in [4.69, 9.17) is 0 Å². The van der Waals surface area contributed by atoms with Crippen LogP contribution in [0.15, 0.2) is 12.4 Å². The minimum Gasteiger partial charge on any atom is -0.272 e. The molecule has 0 atom stereocenters.